The van der Waals surface area contributed by atoms with E-state index >= 15 is 0 Å². The van der Waals surface area contributed by atoms with Crippen LogP contribution in [0.1, 0.15) is 0 Å². The van der Waals surface area contributed by atoms with E-state index in [4.69, 9.17) is 5.11 Å². The van der Waals surface area contributed by atoms with Crippen LogP contribution >= 0.6 is 15.9 Å². The fraction of sp³-hybridized carbons (Fsp3) is 0.250. The van der Waals surface area contributed by atoms with E-state index < -0.39 is 11.8 Å². The number of carbonyl (C=O) groups is 1. The van der Waals surface area contributed by atoms with E-state index in [1.165, 1.54) is 0 Å². The summed E-state index contributed by atoms with van der Waals surface area (Å²) < 4.78 is 11.8. The minimum atomic E-state index is -1.52. The van der Waals surface area contributed by atoms with Gasteiger partial charge in [-0.1, -0.05) is 15.9 Å². The van der Waals surface area contributed by atoms with Crippen molar-refractivity contribution in [2.45, 2.75) is 0 Å². The molecule has 0 aromatic heterocycles. The van der Waals surface area contributed by atoms with Crippen molar-refractivity contribution in [1.82, 2.24) is 0 Å². The Morgan fingerprint density at radius 2 is 2.38 bits per heavy atom. The molecule has 0 aliphatic heterocycles. The molecule has 0 heterocycles. The lowest BCUT2D eigenvalue weighted by molar-refractivity contribution is -0.134. The van der Waals surface area contributed by atoms with Crippen LogP contribution in [0.25, 0.3) is 0 Å². The summed E-state index contributed by atoms with van der Waals surface area (Å²) in [6.45, 7) is 0. The molecule has 0 unspecified atom stereocenters. The highest BCUT2D eigenvalue weighted by atomic mass is 79.9. The molecule has 0 aliphatic rings. The molecule has 0 aromatic carbocycles. The van der Waals surface area contributed by atoms with Crippen molar-refractivity contribution in [3.05, 3.63) is 11.9 Å². The molecule has 0 saturated heterocycles. The van der Waals surface area contributed by atoms with Crippen LogP contribution in [0.5, 0.6) is 0 Å². The summed E-state index contributed by atoms with van der Waals surface area (Å²) >= 11 is 2.84. The van der Waals surface area contributed by atoms with E-state index in [1.54, 1.807) is 0 Å². The zero-order chi connectivity index (χ0) is 6.57. The molecule has 0 rings (SSSR count). The quantitative estimate of drug-likeness (QED) is 0.517. The highest BCUT2D eigenvalue weighted by Gasteiger charge is 2.01. The lowest BCUT2D eigenvalue weighted by atomic mass is 10.5. The van der Waals surface area contributed by atoms with Gasteiger partial charge >= 0.3 is 5.97 Å². The predicted octanol–water partition coefficient (Wildman–Crippen LogP) is 1.32. The van der Waals surface area contributed by atoms with Gasteiger partial charge in [-0.3, -0.25) is 0 Å². The van der Waals surface area contributed by atoms with Gasteiger partial charge in [-0.05, 0) is 6.08 Å². The van der Waals surface area contributed by atoms with Crippen molar-refractivity contribution in [3.63, 3.8) is 0 Å². The van der Waals surface area contributed by atoms with Crippen LogP contribution in [0.15, 0.2) is 11.9 Å². The van der Waals surface area contributed by atoms with E-state index in [1.807, 2.05) is 0 Å². The maximum Gasteiger partial charge on any atom is 0.364 e. The summed E-state index contributed by atoms with van der Waals surface area (Å²) in [5.74, 6) is -2.65. The fourth-order valence-electron chi connectivity index (χ4n) is 0.155. The first-order chi connectivity index (χ1) is 3.68. The van der Waals surface area contributed by atoms with Crippen LogP contribution in [0.2, 0.25) is 0 Å². The van der Waals surface area contributed by atoms with Crippen molar-refractivity contribution in [2.24, 2.45) is 0 Å². The van der Waals surface area contributed by atoms with Gasteiger partial charge in [0.25, 0.3) is 0 Å². The third-order valence-corrected chi connectivity index (χ3v) is 0.784. The molecule has 4 heteroatoms. The van der Waals surface area contributed by atoms with Crippen molar-refractivity contribution in [2.75, 3.05) is 5.33 Å². The lowest BCUT2D eigenvalue weighted by Gasteiger charge is -1.81. The van der Waals surface area contributed by atoms with Crippen LogP contribution in [-0.4, -0.2) is 16.4 Å². The molecule has 0 aliphatic carbocycles. The molecule has 1 N–H and O–H groups in total. The predicted molar refractivity (Wildman–Crippen MR) is 30.6 cm³/mol. The van der Waals surface area contributed by atoms with Crippen molar-refractivity contribution in [1.29, 1.82) is 0 Å². The molecule has 46 valence electrons. The average molecular weight is 183 g/mol. The maximum absolute atomic E-state index is 11.8. The van der Waals surface area contributed by atoms with E-state index in [2.05, 4.69) is 15.9 Å². The first kappa shape index (κ1) is 7.62. The number of aliphatic carboxylic acids is 1. The average Bonchev–Trinajstić information content (AvgIpc) is 1.67. The number of carboxylic acid groups (broad SMARTS) is 1. The third kappa shape index (κ3) is 2.74. The Labute approximate surface area is 54.1 Å². The minimum Gasteiger partial charge on any atom is -0.476 e. The Kier molecular flexibility index (Phi) is 3.43. The molecule has 0 atom stereocenters. The van der Waals surface area contributed by atoms with Gasteiger partial charge in [0.15, 0.2) is 0 Å². The highest BCUT2D eigenvalue weighted by molar-refractivity contribution is 9.09. The Hall–Kier alpha value is -0.380. The molecule has 0 bridgehead atoms. The van der Waals surface area contributed by atoms with Gasteiger partial charge in [0.1, 0.15) is 0 Å². The second-order valence-corrected chi connectivity index (χ2v) is 1.66. The highest BCUT2D eigenvalue weighted by Crippen LogP contribution is 1.96. The van der Waals surface area contributed by atoms with Crippen LogP contribution in [0.3, 0.4) is 0 Å². The minimum absolute atomic E-state index is 0.227. The lowest BCUT2D eigenvalue weighted by Crippen LogP contribution is -1.93. The molecule has 0 amide bonds. The summed E-state index contributed by atoms with van der Waals surface area (Å²) in [4.78, 5) is 9.63. The van der Waals surface area contributed by atoms with E-state index in [0.29, 0.717) is 0 Å². The molecule has 8 heavy (non-hydrogen) atoms. The largest absolute Gasteiger partial charge is 0.476 e. The number of rotatable bonds is 2. The topological polar surface area (TPSA) is 37.3 Å². The molecular weight excluding hydrogens is 179 g/mol. The molecule has 2 nitrogen and oxygen atoms in total. The van der Waals surface area contributed by atoms with Gasteiger partial charge in [-0.2, -0.15) is 4.39 Å². The molecule has 0 spiro atoms. The number of alkyl halides is 1. The van der Waals surface area contributed by atoms with Gasteiger partial charge in [0.05, 0.1) is 0 Å². The molecule has 0 fully saturated rings. The fourth-order valence-corrected chi connectivity index (χ4v) is 0.439. The van der Waals surface area contributed by atoms with Crippen molar-refractivity contribution >= 4 is 21.9 Å². The summed E-state index contributed by atoms with van der Waals surface area (Å²) in [6, 6.07) is 0. The summed E-state index contributed by atoms with van der Waals surface area (Å²) in [5.41, 5.74) is 0. The third-order valence-electron chi connectivity index (χ3n) is 0.461. The van der Waals surface area contributed by atoms with Gasteiger partial charge in [-0.15, -0.1) is 0 Å². The monoisotopic (exact) mass is 182 g/mol. The van der Waals surface area contributed by atoms with Crippen LogP contribution < -0.4 is 0 Å². The maximum atomic E-state index is 11.8. The smallest absolute Gasteiger partial charge is 0.364 e. The van der Waals surface area contributed by atoms with Crippen LogP contribution in [0.4, 0.5) is 4.39 Å². The summed E-state index contributed by atoms with van der Waals surface area (Å²) in [6.07, 6.45) is 0.933. The van der Waals surface area contributed by atoms with Gasteiger partial charge in [0.2, 0.25) is 5.83 Å². The zero-order valence-corrected chi connectivity index (χ0v) is 5.48. The summed E-state index contributed by atoms with van der Waals surface area (Å²) in [5, 5.41) is 8.08. The van der Waals surface area contributed by atoms with Crippen LogP contribution in [-0.2, 0) is 4.79 Å². The van der Waals surface area contributed by atoms with E-state index in [-0.39, 0.29) is 5.33 Å². The van der Waals surface area contributed by atoms with Crippen LogP contribution in [0, 0.1) is 0 Å². The number of allylic oxidation sites excluding steroid dienone is 1. The molecule has 0 saturated carbocycles. The Balaban J connectivity index is 3.80. The number of hydrogen-bond acceptors (Lipinski definition) is 1. The van der Waals surface area contributed by atoms with Gasteiger partial charge < -0.3 is 5.11 Å². The Bertz CT molecular complexity index is 121. The van der Waals surface area contributed by atoms with E-state index in [9.17, 15) is 9.18 Å². The van der Waals surface area contributed by atoms with Crippen molar-refractivity contribution < 1.29 is 14.3 Å². The molecule has 0 aromatic rings. The first-order valence-electron chi connectivity index (χ1n) is 1.83. The molecule has 0 radical (unpaired) electrons. The second kappa shape index (κ2) is 3.60. The Morgan fingerprint density at radius 3 is 2.50 bits per heavy atom. The number of halogens is 2. The first-order valence-corrected chi connectivity index (χ1v) is 2.95. The summed E-state index contributed by atoms with van der Waals surface area (Å²) in [7, 11) is 0. The standard InChI is InChI=1S/C4H4BrFO2/c5-2-1-3(6)4(7)8/h1H,2H2,(H,7,8). The number of hydrogen-bond donors (Lipinski definition) is 1. The van der Waals surface area contributed by atoms with Gasteiger partial charge in [0, 0.05) is 5.33 Å². The van der Waals surface area contributed by atoms with E-state index in [0.717, 1.165) is 6.08 Å². The Morgan fingerprint density at radius 1 is 1.88 bits per heavy atom. The van der Waals surface area contributed by atoms with Crippen molar-refractivity contribution in [3.8, 4) is 0 Å². The SMILES string of the molecule is O=C(O)C(F)=CCBr. The molecular formula is C4H4BrFO2. The number of carboxylic acids is 1. The normalized spacial score (nSPS) is 11.5. The second-order valence-electron chi connectivity index (χ2n) is 1.01. The van der Waals surface area contributed by atoms with Gasteiger partial charge in [-0.25, -0.2) is 4.79 Å². The zero-order valence-electron chi connectivity index (χ0n) is 3.90.